The summed E-state index contributed by atoms with van der Waals surface area (Å²) in [7, 11) is 1.38. The van der Waals surface area contributed by atoms with Crippen LogP contribution in [0.25, 0.3) is 10.9 Å². The molecule has 1 aromatic carbocycles. The third-order valence-electron chi connectivity index (χ3n) is 4.41. The zero-order valence-corrected chi connectivity index (χ0v) is 13.7. The summed E-state index contributed by atoms with van der Waals surface area (Å²) >= 11 is 0. The molecule has 24 heavy (non-hydrogen) atoms. The molecule has 1 aliphatic rings. The van der Waals surface area contributed by atoms with E-state index in [1.165, 1.54) is 7.11 Å². The quantitative estimate of drug-likeness (QED) is 0.686. The van der Waals surface area contributed by atoms with Crippen molar-refractivity contribution < 1.29 is 14.3 Å². The molecule has 1 unspecified atom stereocenters. The molecule has 1 fully saturated rings. The zero-order chi connectivity index (χ0) is 17.1. The number of hydrogen-bond acceptors (Lipinski definition) is 5. The molecule has 6 nitrogen and oxygen atoms in total. The highest BCUT2D eigenvalue weighted by Gasteiger charge is 2.29. The second-order valence-corrected chi connectivity index (χ2v) is 6.13. The van der Waals surface area contributed by atoms with Gasteiger partial charge in [-0.25, -0.2) is 0 Å². The number of carbonyl (C=O) groups excluding carboxylic acids is 2. The number of ether oxygens (including phenoxy) is 1. The van der Waals surface area contributed by atoms with Gasteiger partial charge in [-0.2, -0.15) is 0 Å². The van der Waals surface area contributed by atoms with Gasteiger partial charge in [0.2, 0.25) is 5.91 Å². The van der Waals surface area contributed by atoms with Gasteiger partial charge in [0.15, 0.2) is 0 Å². The van der Waals surface area contributed by atoms with E-state index in [2.05, 4.69) is 4.98 Å². The van der Waals surface area contributed by atoms with Gasteiger partial charge in [-0.3, -0.25) is 14.6 Å². The first-order valence-electron chi connectivity index (χ1n) is 8.07. The number of rotatable bonds is 3. The Kier molecular flexibility index (Phi) is 4.64. The van der Waals surface area contributed by atoms with Crippen molar-refractivity contribution in [3.05, 3.63) is 36.0 Å². The summed E-state index contributed by atoms with van der Waals surface area (Å²) in [6.45, 7) is 1.10. The Labute approximate surface area is 140 Å². The molecule has 1 aliphatic heterocycles. The number of pyridine rings is 1. The molecule has 0 aliphatic carbocycles. The van der Waals surface area contributed by atoms with Crippen LogP contribution in [0.2, 0.25) is 0 Å². The van der Waals surface area contributed by atoms with Crippen molar-refractivity contribution >= 4 is 28.5 Å². The molecule has 6 heteroatoms. The van der Waals surface area contributed by atoms with E-state index in [0.29, 0.717) is 18.8 Å². The minimum absolute atomic E-state index is 0.00843. The first-order chi connectivity index (χ1) is 11.6. The van der Waals surface area contributed by atoms with Gasteiger partial charge in [-0.1, -0.05) is 6.07 Å². The number of likely N-dealkylation sites (tertiary alicyclic amines) is 1. The molecule has 1 atom stereocenters. The lowest BCUT2D eigenvalue weighted by atomic mass is 9.98. The van der Waals surface area contributed by atoms with Crippen LogP contribution in [0.3, 0.4) is 0 Å². The highest BCUT2D eigenvalue weighted by molar-refractivity contribution is 5.84. The second kappa shape index (κ2) is 6.86. The molecular weight excluding hydrogens is 306 g/mol. The molecule has 0 saturated carbocycles. The number of nitrogens with zero attached hydrogens (tertiary/aromatic N) is 2. The summed E-state index contributed by atoms with van der Waals surface area (Å²) in [5, 5.41) is 0.954. The van der Waals surface area contributed by atoms with Crippen molar-refractivity contribution in [3.8, 4) is 0 Å². The molecule has 1 amide bonds. The Morgan fingerprint density at radius 2 is 2.17 bits per heavy atom. The molecule has 1 aromatic heterocycles. The van der Waals surface area contributed by atoms with Crippen LogP contribution in [0.4, 0.5) is 5.69 Å². The molecule has 0 radical (unpaired) electrons. The number of hydrogen-bond donors (Lipinski definition) is 1. The summed E-state index contributed by atoms with van der Waals surface area (Å²) < 4.78 is 4.79. The third kappa shape index (κ3) is 3.48. The molecule has 2 aromatic rings. The van der Waals surface area contributed by atoms with Gasteiger partial charge < -0.3 is 15.4 Å². The van der Waals surface area contributed by atoms with Crippen molar-refractivity contribution in [2.45, 2.75) is 19.3 Å². The number of anilines is 1. The number of aromatic nitrogens is 1. The Balaban J connectivity index is 1.70. The zero-order valence-electron chi connectivity index (χ0n) is 13.7. The molecule has 0 spiro atoms. The number of nitrogen functional groups attached to an aromatic ring is 1. The fourth-order valence-electron chi connectivity index (χ4n) is 3.11. The number of esters is 1. The fourth-order valence-corrected chi connectivity index (χ4v) is 3.11. The van der Waals surface area contributed by atoms with E-state index < -0.39 is 0 Å². The maximum Gasteiger partial charge on any atom is 0.310 e. The van der Waals surface area contributed by atoms with Crippen molar-refractivity contribution in [1.29, 1.82) is 0 Å². The normalized spacial score (nSPS) is 17.7. The lowest BCUT2D eigenvalue weighted by Crippen LogP contribution is -2.43. The summed E-state index contributed by atoms with van der Waals surface area (Å²) in [6, 6.07) is 9.29. The Hall–Kier alpha value is -2.63. The lowest BCUT2D eigenvalue weighted by Gasteiger charge is -2.31. The standard InChI is InChI=1S/C18H21N3O3/c1-24-18(23)13-3-2-8-21(11-13)17(22)10-15-6-4-12-9-14(19)5-7-16(12)20-15/h4-7,9,13H,2-3,8,10-11,19H2,1H3. The first-order valence-corrected chi connectivity index (χ1v) is 8.07. The van der Waals surface area contributed by atoms with E-state index in [9.17, 15) is 9.59 Å². The number of carbonyl (C=O) groups is 2. The van der Waals surface area contributed by atoms with Crippen molar-refractivity contribution in [1.82, 2.24) is 9.88 Å². The Bertz CT molecular complexity index is 775. The van der Waals surface area contributed by atoms with Crippen molar-refractivity contribution in [2.75, 3.05) is 25.9 Å². The highest BCUT2D eigenvalue weighted by atomic mass is 16.5. The van der Waals surface area contributed by atoms with E-state index in [1.54, 1.807) is 11.0 Å². The maximum atomic E-state index is 12.5. The van der Waals surface area contributed by atoms with E-state index >= 15 is 0 Å². The topological polar surface area (TPSA) is 85.5 Å². The first kappa shape index (κ1) is 16.2. The molecular formula is C18H21N3O3. The van der Waals surface area contributed by atoms with Gasteiger partial charge in [-0.05, 0) is 37.1 Å². The van der Waals surface area contributed by atoms with E-state index in [4.69, 9.17) is 10.5 Å². The second-order valence-electron chi connectivity index (χ2n) is 6.13. The number of piperidine rings is 1. The monoisotopic (exact) mass is 327 g/mol. The molecule has 3 rings (SSSR count). The number of benzene rings is 1. The van der Waals surface area contributed by atoms with E-state index in [0.717, 1.165) is 29.4 Å². The van der Waals surface area contributed by atoms with Crippen LogP contribution in [0.5, 0.6) is 0 Å². The van der Waals surface area contributed by atoms with Crippen LogP contribution in [0.1, 0.15) is 18.5 Å². The van der Waals surface area contributed by atoms with Crippen LogP contribution < -0.4 is 5.73 Å². The van der Waals surface area contributed by atoms with Gasteiger partial charge >= 0.3 is 5.97 Å². The van der Waals surface area contributed by atoms with Crippen LogP contribution >= 0.6 is 0 Å². The van der Waals surface area contributed by atoms with E-state index in [-0.39, 0.29) is 24.2 Å². The maximum absolute atomic E-state index is 12.5. The minimum Gasteiger partial charge on any atom is -0.469 e. The van der Waals surface area contributed by atoms with E-state index in [1.807, 2.05) is 24.3 Å². The van der Waals surface area contributed by atoms with Crippen LogP contribution in [0.15, 0.2) is 30.3 Å². The van der Waals surface area contributed by atoms with Gasteiger partial charge in [0, 0.05) is 24.2 Å². The summed E-state index contributed by atoms with van der Waals surface area (Å²) in [6.07, 6.45) is 1.82. The lowest BCUT2D eigenvalue weighted by molar-refractivity contribution is -0.148. The molecule has 1 saturated heterocycles. The summed E-state index contributed by atoms with van der Waals surface area (Å²) in [4.78, 5) is 30.5. The number of methoxy groups -OCH3 is 1. The summed E-state index contributed by atoms with van der Waals surface area (Å²) in [5.74, 6) is -0.472. The smallest absolute Gasteiger partial charge is 0.310 e. The van der Waals surface area contributed by atoms with Crippen molar-refractivity contribution in [2.24, 2.45) is 5.92 Å². The number of nitrogens with two attached hydrogens (primary N) is 1. The van der Waals surface area contributed by atoms with Crippen LogP contribution in [-0.4, -0.2) is 42.0 Å². The Morgan fingerprint density at radius 3 is 2.96 bits per heavy atom. The van der Waals surface area contributed by atoms with Crippen molar-refractivity contribution in [3.63, 3.8) is 0 Å². The van der Waals surface area contributed by atoms with Gasteiger partial charge in [0.1, 0.15) is 0 Å². The molecule has 126 valence electrons. The highest BCUT2D eigenvalue weighted by Crippen LogP contribution is 2.20. The van der Waals surface area contributed by atoms with Crippen LogP contribution in [0, 0.1) is 5.92 Å². The van der Waals surface area contributed by atoms with Gasteiger partial charge in [0.25, 0.3) is 0 Å². The average molecular weight is 327 g/mol. The molecule has 2 N–H and O–H groups in total. The number of fused-ring (bicyclic) bond motifs is 1. The minimum atomic E-state index is -0.242. The average Bonchev–Trinajstić information content (AvgIpc) is 2.61. The van der Waals surface area contributed by atoms with Crippen LogP contribution in [-0.2, 0) is 20.7 Å². The predicted octanol–water partition coefficient (Wildman–Crippen LogP) is 1.77. The summed E-state index contributed by atoms with van der Waals surface area (Å²) in [5.41, 5.74) is 7.99. The van der Waals surface area contributed by atoms with Gasteiger partial charge in [0.05, 0.1) is 30.7 Å². The largest absolute Gasteiger partial charge is 0.469 e. The van der Waals surface area contributed by atoms with Gasteiger partial charge in [-0.15, -0.1) is 0 Å². The fraction of sp³-hybridized carbons (Fsp3) is 0.389. The Morgan fingerprint density at radius 1 is 1.33 bits per heavy atom. The molecule has 0 bridgehead atoms. The SMILES string of the molecule is COC(=O)C1CCCN(C(=O)Cc2ccc3cc(N)ccc3n2)C1. The predicted molar refractivity (Wildman–Crippen MR) is 91.2 cm³/mol. The molecule has 2 heterocycles. The number of amides is 1. The third-order valence-corrected chi connectivity index (χ3v) is 4.41.